The van der Waals surface area contributed by atoms with Gasteiger partial charge in [0.1, 0.15) is 0 Å². The zero-order valence-corrected chi connectivity index (χ0v) is 16.1. The Morgan fingerprint density at radius 1 is 1.08 bits per heavy atom. The molecule has 24 heavy (non-hydrogen) atoms. The van der Waals surface area contributed by atoms with Crippen LogP contribution < -0.4 is 5.32 Å². The van der Waals surface area contributed by atoms with Gasteiger partial charge in [0.15, 0.2) is 0 Å². The summed E-state index contributed by atoms with van der Waals surface area (Å²) in [5, 5.41) is 2.67. The Hall–Kier alpha value is -0.620. The lowest BCUT2D eigenvalue weighted by Gasteiger charge is -2.60. The Bertz CT molecular complexity index is 530. The number of amides is 2. The van der Waals surface area contributed by atoms with Gasteiger partial charge in [0, 0.05) is 37.6 Å². The first-order valence-corrected chi connectivity index (χ1v) is 10.1. The van der Waals surface area contributed by atoms with Crippen molar-refractivity contribution in [1.29, 1.82) is 0 Å². The molecule has 0 aromatic carbocycles. The molecule has 1 aliphatic heterocycles. The minimum Gasteiger partial charge on any atom is -0.358 e. The Kier molecular flexibility index (Phi) is 4.19. The normalized spacial score (nSPS) is 41.5. The molecule has 6 heteroatoms. The summed E-state index contributed by atoms with van der Waals surface area (Å²) in [4.78, 5) is 29.1. The first-order chi connectivity index (χ1) is 11.4. The number of halogens is 1. The fraction of sp³-hybridized carbons (Fsp3) is 0.889. The molecule has 4 bridgehead atoms. The average Bonchev–Trinajstić information content (AvgIpc) is 2.52. The lowest BCUT2D eigenvalue weighted by molar-refractivity contribution is -0.157. The van der Waals surface area contributed by atoms with Gasteiger partial charge >= 0.3 is 0 Å². The van der Waals surface area contributed by atoms with Gasteiger partial charge in [0.05, 0.1) is 12.0 Å². The summed E-state index contributed by atoms with van der Waals surface area (Å²) in [5.41, 5.74) is -0.101. The zero-order chi connectivity index (χ0) is 16.9. The van der Waals surface area contributed by atoms with Crippen LogP contribution in [0, 0.1) is 17.3 Å². The van der Waals surface area contributed by atoms with Crippen molar-refractivity contribution in [3.8, 4) is 0 Å². The number of hydrogen-bond acceptors (Lipinski definition) is 3. The summed E-state index contributed by atoms with van der Waals surface area (Å²) in [6, 6.07) is 0. The summed E-state index contributed by atoms with van der Waals surface area (Å²) >= 11 is 4.01. The van der Waals surface area contributed by atoms with Gasteiger partial charge in [-0.25, -0.2) is 0 Å². The van der Waals surface area contributed by atoms with Crippen molar-refractivity contribution in [3.05, 3.63) is 0 Å². The van der Waals surface area contributed by atoms with E-state index in [0.717, 1.165) is 57.3 Å². The number of carbonyl (C=O) groups is 2. The van der Waals surface area contributed by atoms with Gasteiger partial charge in [-0.1, -0.05) is 15.9 Å². The SMILES string of the molecule is CNC(=O)CN1CCN(C(=O)C23CC4CC(CC(Br)(C4)C2)C3)CC1. The third kappa shape index (κ3) is 2.90. The predicted molar refractivity (Wildman–Crippen MR) is 95.9 cm³/mol. The summed E-state index contributed by atoms with van der Waals surface area (Å²) in [5.74, 6) is 1.94. The van der Waals surface area contributed by atoms with E-state index in [1.165, 1.54) is 19.3 Å². The van der Waals surface area contributed by atoms with Crippen LogP contribution in [-0.2, 0) is 9.59 Å². The summed E-state index contributed by atoms with van der Waals surface area (Å²) in [6.07, 6.45) is 7.10. The Labute approximate surface area is 152 Å². The Morgan fingerprint density at radius 2 is 1.71 bits per heavy atom. The molecule has 1 heterocycles. The zero-order valence-electron chi connectivity index (χ0n) is 14.5. The van der Waals surface area contributed by atoms with E-state index < -0.39 is 0 Å². The number of piperazine rings is 1. The minimum absolute atomic E-state index is 0.0529. The molecule has 2 amide bonds. The van der Waals surface area contributed by atoms with Gasteiger partial charge in [0.2, 0.25) is 11.8 Å². The van der Waals surface area contributed by atoms with E-state index in [1.54, 1.807) is 7.05 Å². The van der Waals surface area contributed by atoms with E-state index in [9.17, 15) is 9.59 Å². The summed E-state index contributed by atoms with van der Waals surface area (Å²) in [6.45, 7) is 3.59. The van der Waals surface area contributed by atoms with Crippen molar-refractivity contribution in [2.24, 2.45) is 17.3 Å². The van der Waals surface area contributed by atoms with Crippen LogP contribution >= 0.6 is 15.9 Å². The predicted octanol–water partition coefficient (Wildman–Crippen LogP) is 1.61. The monoisotopic (exact) mass is 397 g/mol. The highest BCUT2D eigenvalue weighted by Gasteiger charge is 2.60. The van der Waals surface area contributed by atoms with Crippen LogP contribution in [0.15, 0.2) is 0 Å². The molecule has 2 atom stereocenters. The van der Waals surface area contributed by atoms with Gasteiger partial charge in [-0.3, -0.25) is 14.5 Å². The topological polar surface area (TPSA) is 52.7 Å². The number of nitrogens with one attached hydrogen (secondary N) is 1. The van der Waals surface area contributed by atoms with Gasteiger partial charge in [-0.15, -0.1) is 0 Å². The van der Waals surface area contributed by atoms with E-state index in [1.807, 2.05) is 0 Å². The highest BCUT2D eigenvalue weighted by Crippen LogP contribution is 2.64. The summed E-state index contributed by atoms with van der Waals surface area (Å²) < 4.78 is 0.230. The van der Waals surface area contributed by atoms with Gasteiger partial charge < -0.3 is 10.2 Å². The highest BCUT2D eigenvalue weighted by atomic mass is 79.9. The molecule has 0 spiro atoms. The fourth-order valence-electron chi connectivity index (χ4n) is 6.13. The lowest BCUT2D eigenvalue weighted by atomic mass is 9.49. The van der Waals surface area contributed by atoms with Crippen molar-refractivity contribution in [2.45, 2.75) is 42.8 Å². The Morgan fingerprint density at radius 3 is 2.25 bits per heavy atom. The van der Waals surface area contributed by atoms with E-state index in [4.69, 9.17) is 0 Å². The molecule has 0 aromatic heterocycles. The maximum atomic E-state index is 13.4. The van der Waals surface area contributed by atoms with Crippen molar-refractivity contribution in [1.82, 2.24) is 15.1 Å². The second-order valence-electron chi connectivity index (χ2n) is 8.63. The third-order valence-electron chi connectivity index (χ3n) is 6.75. The molecule has 134 valence electrons. The number of nitrogens with zero attached hydrogens (tertiary/aromatic N) is 2. The number of rotatable bonds is 3. The second-order valence-corrected chi connectivity index (χ2v) is 10.3. The molecule has 5 fully saturated rings. The smallest absolute Gasteiger partial charge is 0.233 e. The van der Waals surface area contributed by atoms with E-state index >= 15 is 0 Å². The fourth-order valence-corrected chi connectivity index (χ4v) is 7.58. The standard InChI is InChI=1S/C18H28BrN3O2/c1-20-15(23)11-21-2-4-22(5-3-21)16(24)17-7-13-6-14(8-17)10-18(19,9-13)12-17/h13-14H,2-12H2,1H3,(H,20,23). The van der Waals surface area contributed by atoms with E-state index in [2.05, 4.69) is 31.0 Å². The van der Waals surface area contributed by atoms with Crippen LogP contribution in [-0.4, -0.2) is 65.7 Å². The molecule has 5 rings (SSSR count). The van der Waals surface area contributed by atoms with Gasteiger partial charge in [-0.05, 0) is 50.4 Å². The molecule has 2 unspecified atom stereocenters. The van der Waals surface area contributed by atoms with E-state index in [-0.39, 0.29) is 15.6 Å². The van der Waals surface area contributed by atoms with Gasteiger partial charge in [-0.2, -0.15) is 0 Å². The highest BCUT2D eigenvalue weighted by molar-refractivity contribution is 9.10. The quantitative estimate of drug-likeness (QED) is 0.735. The maximum Gasteiger partial charge on any atom is 0.233 e. The molecular weight excluding hydrogens is 370 g/mol. The first kappa shape index (κ1) is 16.8. The number of alkyl halides is 1. The molecule has 4 saturated carbocycles. The molecule has 4 aliphatic carbocycles. The molecule has 0 aromatic rings. The average molecular weight is 398 g/mol. The van der Waals surface area contributed by atoms with E-state index in [0.29, 0.717) is 12.5 Å². The van der Waals surface area contributed by atoms with Crippen molar-refractivity contribution >= 4 is 27.7 Å². The van der Waals surface area contributed by atoms with Crippen LogP contribution in [0.4, 0.5) is 0 Å². The van der Waals surface area contributed by atoms with Crippen LogP contribution in [0.1, 0.15) is 38.5 Å². The van der Waals surface area contributed by atoms with Gasteiger partial charge in [0.25, 0.3) is 0 Å². The first-order valence-electron chi connectivity index (χ1n) is 9.33. The molecule has 1 saturated heterocycles. The van der Waals surface area contributed by atoms with Crippen LogP contribution in [0.5, 0.6) is 0 Å². The number of likely N-dealkylation sites (N-methyl/N-ethyl adjacent to an activating group) is 1. The van der Waals surface area contributed by atoms with Crippen molar-refractivity contribution in [3.63, 3.8) is 0 Å². The lowest BCUT2D eigenvalue weighted by Crippen LogP contribution is -2.61. The molecule has 0 radical (unpaired) electrons. The molecule has 1 N–H and O–H groups in total. The number of hydrogen-bond donors (Lipinski definition) is 1. The van der Waals surface area contributed by atoms with Crippen molar-refractivity contribution in [2.75, 3.05) is 39.8 Å². The second kappa shape index (κ2) is 5.97. The minimum atomic E-state index is -0.101. The maximum absolute atomic E-state index is 13.4. The summed E-state index contributed by atoms with van der Waals surface area (Å²) in [7, 11) is 1.67. The Balaban J connectivity index is 1.41. The van der Waals surface area contributed by atoms with Crippen molar-refractivity contribution < 1.29 is 9.59 Å². The van der Waals surface area contributed by atoms with Crippen LogP contribution in [0.25, 0.3) is 0 Å². The van der Waals surface area contributed by atoms with Crippen LogP contribution in [0.3, 0.4) is 0 Å². The third-order valence-corrected chi connectivity index (χ3v) is 7.68. The largest absolute Gasteiger partial charge is 0.358 e. The molecule has 5 nitrogen and oxygen atoms in total. The van der Waals surface area contributed by atoms with Crippen LogP contribution in [0.2, 0.25) is 0 Å². The molecular formula is C18H28BrN3O2. The number of carbonyl (C=O) groups excluding carboxylic acids is 2. The molecule has 5 aliphatic rings.